The van der Waals surface area contributed by atoms with Crippen molar-refractivity contribution in [2.24, 2.45) is 0 Å². The van der Waals surface area contributed by atoms with E-state index >= 15 is 4.39 Å². The normalized spacial score (nSPS) is 16.0. The third kappa shape index (κ3) is 4.94. The SMILES string of the molecule is COc1ccc(-c2nc3c(C(=O)N4CCN(Cc5cc(F)cc(F)c5F)C[C@H]4C)cnn3c(N(C)C)c2F)cc1. The first-order valence-corrected chi connectivity index (χ1v) is 12.6. The van der Waals surface area contributed by atoms with Gasteiger partial charge in [-0.1, -0.05) is 0 Å². The lowest BCUT2D eigenvalue weighted by molar-refractivity contribution is 0.0474. The van der Waals surface area contributed by atoms with Crippen LogP contribution in [0.4, 0.5) is 23.4 Å². The molecule has 1 aliphatic rings. The molecule has 0 aliphatic carbocycles. The molecule has 2 aromatic carbocycles. The highest BCUT2D eigenvalue weighted by Crippen LogP contribution is 2.31. The molecule has 1 amide bonds. The summed E-state index contributed by atoms with van der Waals surface area (Å²) in [6.07, 6.45) is 1.37. The Balaban J connectivity index is 1.44. The van der Waals surface area contributed by atoms with Gasteiger partial charge in [0.1, 0.15) is 22.8 Å². The highest BCUT2D eigenvalue weighted by molar-refractivity contribution is 6.00. The Morgan fingerprint density at radius 3 is 2.45 bits per heavy atom. The van der Waals surface area contributed by atoms with Crippen molar-refractivity contribution in [2.45, 2.75) is 19.5 Å². The minimum Gasteiger partial charge on any atom is -0.497 e. The Morgan fingerprint density at radius 1 is 1.07 bits per heavy atom. The second-order valence-corrected chi connectivity index (χ2v) is 9.96. The number of carbonyl (C=O) groups excluding carboxylic acids is 1. The van der Waals surface area contributed by atoms with Crippen LogP contribution in [0.2, 0.25) is 0 Å². The summed E-state index contributed by atoms with van der Waals surface area (Å²) in [5, 5.41) is 4.28. The highest BCUT2D eigenvalue weighted by Gasteiger charge is 2.32. The van der Waals surface area contributed by atoms with E-state index in [1.807, 2.05) is 11.8 Å². The first-order valence-electron chi connectivity index (χ1n) is 12.6. The maximum absolute atomic E-state index is 15.7. The van der Waals surface area contributed by atoms with Crippen LogP contribution in [-0.2, 0) is 6.54 Å². The Hall–Kier alpha value is -4.19. The van der Waals surface area contributed by atoms with Gasteiger partial charge in [-0.15, -0.1) is 0 Å². The molecule has 0 unspecified atom stereocenters. The molecule has 0 saturated carbocycles. The van der Waals surface area contributed by atoms with E-state index in [0.29, 0.717) is 30.5 Å². The second-order valence-electron chi connectivity index (χ2n) is 9.96. The first-order chi connectivity index (χ1) is 19.1. The Bertz CT molecular complexity index is 1570. The summed E-state index contributed by atoms with van der Waals surface area (Å²) in [5.41, 5.74) is 0.895. The van der Waals surface area contributed by atoms with Gasteiger partial charge in [0.25, 0.3) is 5.91 Å². The van der Waals surface area contributed by atoms with Gasteiger partial charge in [-0.3, -0.25) is 9.69 Å². The van der Waals surface area contributed by atoms with Crippen molar-refractivity contribution in [3.05, 3.63) is 77.0 Å². The number of amides is 1. The summed E-state index contributed by atoms with van der Waals surface area (Å²) in [7, 11) is 4.88. The molecule has 3 heterocycles. The molecular formula is C28H28F4N6O2. The number of hydrogen-bond acceptors (Lipinski definition) is 6. The molecule has 210 valence electrons. The molecule has 0 spiro atoms. The van der Waals surface area contributed by atoms with Gasteiger partial charge < -0.3 is 14.5 Å². The molecular weight excluding hydrogens is 528 g/mol. The van der Waals surface area contributed by atoms with Gasteiger partial charge >= 0.3 is 0 Å². The number of piperazine rings is 1. The molecule has 5 rings (SSSR count). The number of ether oxygens (including phenoxy) is 1. The molecule has 8 nitrogen and oxygen atoms in total. The lowest BCUT2D eigenvalue weighted by Crippen LogP contribution is -2.53. The second kappa shape index (κ2) is 10.8. The van der Waals surface area contributed by atoms with Crippen LogP contribution in [0.3, 0.4) is 0 Å². The number of anilines is 1. The van der Waals surface area contributed by atoms with E-state index in [9.17, 15) is 18.0 Å². The van der Waals surface area contributed by atoms with Crippen molar-refractivity contribution in [2.75, 3.05) is 45.7 Å². The van der Waals surface area contributed by atoms with E-state index in [-0.39, 0.29) is 53.3 Å². The molecule has 2 aromatic heterocycles. The molecule has 12 heteroatoms. The van der Waals surface area contributed by atoms with Crippen molar-refractivity contribution < 1.29 is 27.1 Å². The Kier molecular flexibility index (Phi) is 7.37. The number of benzene rings is 2. The van der Waals surface area contributed by atoms with E-state index in [1.165, 1.54) is 17.8 Å². The zero-order chi connectivity index (χ0) is 28.7. The van der Waals surface area contributed by atoms with Crippen LogP contribution in [0, 0.1) is 23.3 Å². The lowest BCUT2D eigenvalue weighted by Gasteiger charge is -2.39. The number of fused-ring (bicyclic) bond motifs is 1. The number of rotatable bonds is 6. The largest absolute Gasteiger partial charge is 0.497 e. The van der Waals surface area contributed by atoms with Crippen molar-refractivity contribution in [3.8, 4) is 17.0 Å². The van der Waals surface area contributed by atoms with Crippen LogP contribution >= 0.6 is 0 Å². The molecule has 0 bridgehead atoms. The summed E-state index contributed by atoms with van der Waals surface area (Å²) in [6.45, 7) is 2.82. The predicted octanol–water partition coefficient (Wildman–Crippen LogP) is 4.37. The highest BCUT2D eigenvalue weighted by atomic mass is 19.2. The van der Waals surface area contributed by atoms with Gasteiger partial charge in [0.2, 0.25) is 0 Å². The van der Waals surface area contributed by atoms with Gasteiger partial charge in [0, 0.05) is 63.5 Å². The standard InChI is InChI=1S/C28H28F4N6O2/c1-16-14-36(15-18-11-19(29)12-22(30)23(18)31)9-10-37(16)28(39)21-13-33-38-26(21)34-25(24(32)27(38)35(2)3)17-5-7-20(40-4)8-6-17/h5-8,11-13,16H,9-10,14-15H2,1-4H3/t16-/m1/s1. The third-order valence-electron chi connectivity index (χ3n) is 7.02. The van der Waals surface area contributed by atoms with Crippen LogP contribution in [0.5, 0.6) is 5.75 Å². The third-order valence-corrected chi connectivity index (χ3v) is 7.02. The zero-order valence-corrected chi connectivity index (χ0v) is 22.5. The summed E-state index contributed by atoms with van der Waals surface area (Å²) in [4.78, 5) is 23.3. The van der Waals surface area contributed by atoms with Crippen LogP contribution in [-0.4, -0.2) is 77.2 Å². The van der Waals surface area contributed by atoms with Crippen molar-refractivity contribution in [3.63, 3.8) is 0 Å². The molecule has 1 atom stereocenters. The van der Waals surface area contributed by atoms with E-state index in [2.05, 4.69) is 10.1 Å². The molecule has 4 aromatic rings. The number of methoxy groups -OCH3 is 1. The average molecular weight is 557 g/mol. The Labute approximate surface area is 228 Å². The number of nitrogens with zero attached hydrogens (tertiary/aromatic N) is 6. The number of carbonyl (C=O) groups is 1. The number of hydrogen-bond donors (Lipinski definition) is 0. The summed E-state index contributed by atoms with van der Waals surface area (Å²) in [6, 6.07) is 7.95. The molecule has 40 heavy (non-hydrogen) atoms. The van der Waals surface area contributed by atoms with Crippen molar-refractivity contribution >= 4 is 17.4 Å². The van der Waals surface area contributed by atoms with Crippen molar-refractivity contribution in [1.82, 2.24) is 24.4 Å². The average Bonchev–Trinajstić information content (AvgIpc) is 3.34. The van der Waals surface area contributed by atoms with Crippen LogP contribution < -0.4 is 9.64 Å². The summed E-state index contributed by atoms with van der Waals surface area (Å²) < 4.78 is 63.7. The fourth-order valence-corrected chi connectivity index (χ4v) is 5.03. The number of aromatic nitrogens is 3. The smallest absolute Gasteiger partial charge is 0.259 e. The van der Waals surface area contributed by atoms with Gasteiger partial charge in [0.05, 0.1) is 13.3 Å². The molecule has 0 radical (unpaired) electrons. The topological polar surface area (TPSA) is 66.2 Å². The molecule has 1 saturated heterocycles. The minimum absolute atomic E-state index is 0.00183. The van der Waals surface area contributed by atoms with Gasteiger partial charge in [-0.25, -0.2) is 22.5 Å². The molecule has 1 aliphatic heterocycles. The fraction of sp³-hybridized carbons (Fsp3) is 0.321. The number of halogens is 4. The quantitative estimate of drug-likeness (QED) is 0.260. The van der Waals surface area contributed by atoms with Crippen LogP contribution in [0.15, 0.2) is 42.6 Å². The minimum atomic E-state index is -1.24. The van der Waals surface area contributed by atoms with Gasteiger partial charge in [-0.05, 0) is 37.3 Å². The maximum atomic E-state index is 15.7. The summed E-state index contributed by atoms with van der Waals surface area (Å²) >= 11 is 0. The lowest BCUT2D eigenvalue weighted by atomic mass is 10.1. The first kappa shape index (κ1) is 27.4. The zero-order valence-electron chi connectivity index (χ0n) is 22.5. The van der Waals surface area contributed by atoms with Gasteiger partial charge in [0.15, 0.2) is 28.9 Å². The van der Waals surface area contributed by atoms with Crippen molar-refractivity contribution in [1.29, 1.82) is 0 Å². The molecule has 0 N–H and O–H groups in total. The van der Waals surface area contributed by atoms with E-state index in [1.54, 1.807) is 48.2 Å². The van der Waals surface area contributed by atoms with E-state index in [0.717, 1.165) is 6.07 Å². The maximum Gasteiger partial charge on any atom is 0.259 e. The van der Waals surface area contributed by atoms with Gasteiger partial charge in [-0.2, -0.15) is 9.61 Å². The monoisotopic (exact) mass is 556 g/mol. The summed E-state index contributed by atoms with van der Waals surface area (Å²) in [5.74, 6) is -3.35. The fourth-order valence-electron chi connectivity index (χ4n) is 5.03. The predicted molar refractivity (Wildman–Crippen MR) is 141 cm³/mol. The molecule has 1 fully saturated rings. The van der Waals surface area contributed by atoms with E-state index in [4.69, 9.17) is 4.74 Å². The van der Waals surface area contributed by atoms with Crippen LogP contribution in [0.1, 0.15) is 22.8 Å². The Morgan fingerprint density at radius 2 is 1.80 bits per heavy atom. The van der Waals surface area contributed by atoms with Crippen LogP contribution in [0.25, 0.3) is 16.9 Å². The van der Waals surface area contributed by atoms with E-state index < -0.39 is 23.3 Å².